The maximum absolute atomic E-state index is 11.6. The summed E-state index contributed by atoms with van der Waals surface area (Å²) in [4.78, 5) is 19.0. The second kappa shape index (κ2) is 3.98. The van der Waals surface area contributed by atoms with Gasteiger partial charge in [-0.15, -0.1) is 0 Å². The Hall–Kier alpha value is -2.10. The van der Waals surface area contributed by atoms with Crippen molar-refractivity contribution < 1.29 is 4.79 Å². The van der Waals surface area contributed by atoms with E-state index < -0.39 is 0 Å². The molecule has 0 saturated heterocycles. The molecule has 1 atom stereocenters. The third kappa shape index (κ3) is 1.79. The van der Waals surface area contributed by atoms with Crippen molar-refractivity contribution in [2.45, 2.75) is 20.3 Å². The van der Waals surface area contributed by atoms with Crippen LogP contribution in [0.3, 0.4) is 0 Å². The Morgan fingerprint density at radius 3 is 2.94 bits per heavy atom. The molecule has 4 nitrogen and oxygen atoms in total. The number of imidazole rings is 1. The molecule has 0 saturated carbocycles. The number of fused-ring (bicyclic) bond motifs is 1. The molecule has 1 aliphatic heterocycles. The van der Waals surface area contributed by atoms with Crippen LogP contribution in [-0.4, -0.2) is 15.9 Å². The average Bonchev–Trinajstić information content (AvgIpc) is 2.77. The Morgan fingerprint density at radius 2 is 2.22 bits per heavy atom. The first-order valence-corrected chi connectivity index (χ1v) is 6.09. The number of aromatic amines is 1. The van der Waals surface area contributed by atoms with Gasteiger partial charge >= 0.3 is 0 Å². The highest BCUT2D eigenvalue weighted by Gasteiger charge is 2.22. The van der Waals surface area contributed by atoms with E-state index in [1.54, 1.807) is 0 Å². The topological polar surface area (TPSA) is 57.8 Å². The van der Waals surface area contributed by atoms with E-state index in [4.69, 9.17) is 0 Å². The molecule has 0 bridgehead atoms. The Balaban J connectivity index is 2.01. The van der Waals surface area contributed by atoms with E-state index in [1.165, 1.54) is 5.56 Å². The minimum atomic E-state index is 0.0382. The standard InChI is InChI=1S/C14H15N3O/c1-8-5-11-6-10(13-7-15-9(2)16-13)3-4-12(11)17-14(8)18/h3-4,6-8H,5H2,1-2H3,(H,15,16)(H,17,18). The molecule has 2 N–H and O–H groups in total. The molecular weight excluding hydrogens is 226 g/mol. The van der Waals surface area contributed by atoms with Gasteiger partial charge in [0.1, 0.15) is 5.82 Å². The van der Waals surface area contributed by atoms with E-state index in [9.17, 15) is 4.79 Å². The van der Waals surface area contributed by atoms with Gasteiger partial charge in [0, 0.05) is 11.6 Å². The molecule has 0 radical (unpaired) electrons. The molecule has 3 rings (SSSR count). The SMILES string of the molecule is Cc1ncc(-c2ccc3c(c2)CC(C)C(=O)N3)[nH]1. The van der Waals surface area contributed by atoms with Gasteiger partial charge in [-0.1, -0.05) is 13.0 Å². The summed E-state index contributed by atoms with van der Waals surface area (Å²) in [6, 6.07) is 6.09. The molecule has 4 heteroatoms. The largest absolute Gasteiger partial charge is 0.342 e. The van der Waals surface area contributed by atoms with Gasteiger partial charge in [0.05, 0.1) is 11.9 Å². The summed E-state index contributed by atoms with van der Waals surface area (Å²) in [7, 11) is 0. The van der Waals surface area contributed by atoms with Crippen molar-refractivity contribution in [1.29, 1.82) is 0 Å². The summed E-state index contributed by atoms with van der Waals surface area (Å²) < 4.78 is 0. The van der Waals surface area contributed by atoms with Crippen LogP contribution in [-0.2, 0) is 11.2 Å². The monoisotopic (exact) mass is 241 g/mol. The van der Waals surface area contributed by atoms with E-state index in [-0.39, 0.29) is 11.8 Å². The Morgan fingerprint density at radius 1 is 1.39 bits per heavy atom. The van der Waals surface area contributed by atoms with Crippen LogP contribution in [0.25, 0.3) is 11.3 Å². The van der Waals surface area contributed by atoms with Gasteiger partial charge in [-0.25, -0.2) is 4.98 Å². The number of rotatable bonds is 1. The van der Waals surface area contributed by atoms with E-state index in [0.717, 1.165) is 29.2 Å². The van der Waals surface area contributed by atoms with Gasteiger partial charge in [0.15, 0.2) is 0 Å². The molecule has 18 heavy (non-hydrogen) atoms. The van der Waals surface area contributed by atoms with Crippen molar-refractivity contribution >= 4 is 11.6 Å². The number of hydrogen-bond donors (Lipinski definition) is 2. The fraction of sp³-hybridized carbons (Fsp3) is 0.286. The van der Waals surface area contributed by atoms with Gasteiger partial charge in [-0.3, -0.25) is 4.79 Å². The molecule has 1 amide bonds. The van der Waals surface area contributed by atoms with Crippen LogP contribution in [0.5, 0.6) is 0 Å². The zero-order valence-corrected chi connectivity index (χ0v) is 10.4. The lowest BCUT2D eigenvalue weighted by atomic mass is 9.93. The molecule has 92 valence electrons. The van der Waals surface area contributed by atoms with E-state index >= 15 is 0 Å². The maximum Gasteiger partial charge on any atom is 0.227 e. The number of aryl methyl sites for hydroxylation is 1. The molecule has 2 heterocycles. The highest BCUT2D eigenvalue weighted by atomic mass is 16.1. The molecular formula is C14H15N3O. The quantitative estimate of drug-likeness (QED) is 0.806. The second-order valence-electron chi connectivity index (χ2n) is 4.85. The smallest absolute Gasteiger partial charge is 0.227 e. The van der Waals surface area contributed by atoms with Crippen LogP contribution in [0.15, 0.2) is 24.4 Å². The Bertz CT molecular complexity index is 615. The predicted molar refractivity (Wildman–Crippen MR) is 70.3 cm³/mol. The number of H-pyrrole nitrogens is 1. The summed E-state index contributed by atoms with van der Waals surface area (Å²) in [5.41, 5.74) is 4.24. The minimum absolute atomic E-state index is 0.0382. The van der Waals surface area contributed by atoms with E-state index in [2.05, 4.69) is 21.4 Å². The van der Waals surface area contributed by atoms with Crippen LogP contribution >= 0.6 is 0 Å². The summed E-state index contributed by atoms with van der Waals surface area (Å²) in [5.74, 6) is 1.05. The number of nitrogens with zero attached hydrogens (tertiary/aromatic N) is 1. The average molecular weight is 241 g/mol. The van der Waals surface area contributed by atoms with Crippen LogP contribution < -0.4 is 5.32 Å². The Labute approximate surface area is 105 Å². The maximum atomic E-state index is 11.6. The van der Waals surface area contributed by atoms with Crippen LogP contribution in [0.1, 0.15) is 18.3 Å². The highest BCUT2D eigenvalue weighted by molar-refractivity contribution is 5.95. The highest BCUT2D eigenvalue weighted by Crippen LogP contribution is 2.29. The van der Waals surface area contributed by atoms with E-state index in [0.29, 0.717) is 0 Å². The number of carbonyl (C=O) groups excluding carboxylic acids is 1. The van der Waals surface area contributed by atoms with Gasteiger partial charge in [0.2, 0.25) is 5.91 Å². The first-order valence-electron chi connectivity index (χ1n) is 6.09. The lowest BCUT2D eigenvalue weighted by Gasteiger charge is -2.22. The molecule has 1 aromatic heterocycles. The fourth-order valence-electron chi connectivity index (χ4n) is 2.30. The normalized spacial score (nSPS) is 18.3. The number of aromatic nitrogens is 2. The number of amides is 1. The molecule has 1 aromatic carbocycles. The van der Waals surface area contributed by atoms with Crippen LogP contribution in [0.2, 0.25) is 0 Å². The van der Waals surface area contributed by atoms with Crippen molar-refractivity contribution in [2.24, 2.45) is 5.92 Å². The molecule has 0 aliphatic carbocycles. The summed E-state index contributed by atoms with van der Waals surface area (Å²) in [6.45, 7) is 3.88. The first kappa shape index (κ1) is 11.0. The lowest BCUT2D eigenvalue weighted by Crippen LogP contribution is -2.27. The fourth-order valence-corrected chi connectivity index (χ4v) is 2.30. The summed E-state index contributed by atoms with van der Waals surface area (Å²) >= 11 is 0. The van der Waals surface area contributed by atoms with Crippen molar-refractivity contribution in [3.8, 4) is 11.3 Å². The Kier molecular flexibility index (Phi) is 2.44. The third-order valence-corrected chi connectivity index (χ3v) is 3.35. The molecule has 0 spiro atoms. The van der Waals surface area contributed by atoms with Crippen molar-refractivity contribution in [3.63, 3.8) is 0 Å². The van der Waals surface area contributed by atoms with Gasteiger partial charge < -0.3 is 10.3 Å². The lowest BCUT2D eigenvalue weighted by molar-refractivity contribution is -0.119. The summed E-state index contributed by atoms with van der Waals surface area (Å²) in [6.07, 6.45) is 2.63. The number of benzene rings is 1. The van der Waals surface area contributed by atoms with E-state index in [1.807, 2.05) is 32.2 Å². The zero-order valence-electron chi connectivity index (χ0n) is 10.4. The van der Waals surface area contributed by atoms with Crippen LogP contribution in [0.4, 0.5) is 5.69 Å². The van der Waals surface area contributed by atoms with Crippen molar-refractivity contribution in [2.75, 3.05) is 5.32 Å². The van der Waals surface area contributed by atoms with Crippen LogP contribution in [0, 0.1) is 12.8 Å². The predicted octanol–water partition coefficient (Wildman–Crippen LogP) is 2.52. The molecule has 1 unspecified atom stereocenters. The second-order valence-corrected chi connectivity index (χ2v) is 4.85. The zero-order chi connectivity index (χ0) is 12.7. The third-order valence-electron chi connectivity index (χ3n) is 3.35. The number of nitrogens with one attached hydrogen (secondary N) is 2. The number of anilines is 1. The summed E-state index contributed by atoms with van der Waals surface area (Å²) in [5, 5.41) is 2.93. The number of hydrogen-bond acceptors (Lipinski definition) is 2. The van der Waals surface area contributed by atoms with Gasteiger partial charge in [-0.05, 0) is 36.6 Å². The van der Waals surface area contributed by atoms with Crippen molar-refractivity contribution in [3.05, 3.63) is 35.8 Å². The minimum Gasteiger partial charge on any atom is -0.342 e. The molecule has 2 aromatic rings. The molecule has 1 aliphatic rings. The number of carbonyl (C=O) groups is 1. The van der Waals surface area contributed by atoms with Gasteiger partial charge in [0.25, 0.3) is 0 Å². The molecule has 0 fully saturated rings. The van der Waals surface area contributed by atoms with Crippen molar-refractivity contribution in [1.82, 2.24) is 9.97 Å². The first-order chi connectivity index (χ1) is 8.63. The van der Waals surface area contributed by atoms with Gasteiger partial charge in [-0.2, -0.15) is 0 Å².